The molecule has 0 radical (unpaired) electrons. The summed E-state index contributed by atoms with van der Waals surface area (Å²) in [4.78, 5) is 64.9. The molecule has 4 rings (SSSR count). The molecule has 14 heteroatoms. The van der Waals surface area contributed by atoms with Gasteiger partial charge in [-0.05, 0) is 48.6 Å². The molecule has 54 heavy (non-hydrogen) atoms. The molecule has 0 aliphatic rings. The van der Waals surface area contributed by atoms with E-state index in [0.717, 1.165) is 16.7 Å². The van der Waals surface area contributed by atoms with Crippen molar-refractivity contribution in [3.8, 4) is 5.75 Å². The Morgan fingerprint density at radius 3 is 1.59 bits per heavy atom. The standard InChI is InChI=1S/C40H44N4O10/c1-31(41-38(46)51-28-32-12-5-2-6-13-32)22-26-42(39(47)52-29-33-14-7-3-8-15-33)24-11-25-43(40(48)53-30-34-16-9-4-10-17-34)27-23-37(45)54-36-20-18-35(19-21-36)44(49)50/h2-10,12-21,31H,11,22-30H2,1H3,(H,41,46). The Labute approximate surface area is 313 Å². The predicted octanol–water partition coefficient (Wildman–Crippen LogP) is 7.26. The minimum atomic E-state index is -0.660. The van der Waals surface area contributed by atoms with Gasteiger partial charge < -0.3 is 34.1 Å². The van der Waals surface area contributed by atoms with Crippen LogP contribution in [-0.4, -0.2) is 71.2 Å². The number of alkyl carbamates (subject to hydrolysis) is 1. The number of carbonyl (C=O) groups is 4. The first kappa shape index (κ1) is 40.3. The second kappa shape index (κ2) is 21.8. The van der Waals surface area contributed by atoms with Crippen molar-refractivity contribution in [1.82, 2.24) is 15.1 Å². The number of rotatable bonds is 19. The molecule has 1 unspecified atom stereocenters. The van der Waals surface area contributed by atoms with Gasteiger partial charge in [-0.3, -0.25) is 14.9 Å². The maximum absolute atomic E-state index is 13.3. The lowest BCUT2D eigenvalue weighted by Gasteiger charge is -2.26. The lowest BCUT2D eigenvalue weighted by atomic mass is 10.2. The van der Waals surface area contributed by atoms with Crippen LogP contribution in [0.25, 0.3) is 0 Å². The van der Waals surface area contributed by atoms with E-state index in [1.165, 1.54) is 34.1 Å². The van der Waals surface area contributed by atoms with Crippen LogP contribution in [0.1, 0.15) is 42.9 Å². The number of hydrogen-bond donors (Lipinski definition) is 1. The number of carbonyl (C=O) groups excluding carboxylic acids is 4. The fourth-order valence-electron chi connectivity index (χ4n) is 5.09. The normalized spacial score (nSPS) is 11.1. The van der Waals surface area contributed by atoms with Crippen molar-refractivity contribution in [2.24, 2.45) is 0 Å². The number of ether oxygens (including phenoxy) is 4. The molecular formula is C40H44N4O10. The van der Waals surface area contributed by atoms with Gasteiger partial charge in [-0.1, -0.05) is 91.0 Å². The smallest absolute Gasteiger partial charge is 0.410 e. The highest BCUT2D eigenvalue weighted by atomic mass is 16.6. The number of nitro groups is 1. The molecule has 0 saturated carbocycles. The first-order valence-corrected chi connectivity index (χ1v) is 17.5. The van der Waals surface area contributed by atoms with Gasteiger partial charge >= 0.3 is 24.2 Å². The monoisotopic (exact) mass is 740 g/mol. The predicted molar refractivity (Wildman–Crippen MR) is 198 cm³/mol. The van der Waals surface area contributed by atoms with Crippen molar-refractivity contribution in [3.63, 3.8) is 0 Å². The second-order valence-corrected chi connectivity index (χ2v) is 12.3. The molecule has 1 atom stereocenters. The highest BCUT2D eigenvalue weighted by Gasteiger charge is 2.21. The summed E-state index contributed by atoms with van der Waals surface area (Å²) in [6.07, 6.45) is -1.31. The van der Waals surface area contributed by atoms with Crippen LogP contribution in [0.3, 0.4) is 0 Å². The van der Waals surface area contributed by atoms with Gasteiger partial charge in [0.1, 0.15) is 25.6 Å². The topological polar surface area (TPSA) is 167 Å². The van der Waals surface area contributed by atoms with Gasteiger partial charge in [-0.2, -0.15) is 0 Å². The van der Waals surface area contributed by atoms with E-state index in [0.29, 0.717) is 12.8 Å². The number of nitrogens with one attached hydrogen (secondary N) is 1. The van der Waals surface area contributed by atoms with Gasteiger partial charge in [0, 0.05) is 44.4 Å². The molecule has 14 nitrogen and oxygen atoms in total. The molecule has 0 aliphatic carbocycles. The fourth-order valence-corrected chi connectivity index (χ4v) is 5.09. The van der Waals surface area contributed by atoms with Gasteiger partial charge in [0.25, 0.3) is 5.69 Å². The van der Waals surface area contributed by atoms with Crippen LogP contribution in [0.15, 0.2) is 115 Å². The van der Waals surface area contributed by atoms with E-state index in [-0.39, 0.29) is 69.9 Å². The molecule has 0 heterocycles. The first-order chi connectivity index (χ1) is 26.2. The largest absolute Gasteiger partial charge is 0.445 e. The number of benzene rings is 4. The van der Waals surface area contributed by atoms with Crippen molar-refractivity contribution in [2.75, 3.05) is 26.2 Å². The fraction of sp³-hybridized carbons (Fsp3) is 0.300. The van der Waals surface area contributed by atoms with Crippen molar-refractivity contribution in [1.29, 1.82) is 0 Å². The van der Waals surface area contributed by atoms with Crippen LogP contribution in [0, 0.1) is 10.1 Å². The molecule has 1 N–H and O–H groups in total. The molecule has 4 aromatic rings. The van der Waals surface area contributed by atoms with Crippen molar-refractivity contribution in [2.45, 2.75) is 52.0 Å². The third-order valence-corrected chi connectivity index (χ3v) is 8.06. The third kappa shape index (κ3) is 14.7. The molecule has 0 aromatic heterocycles. The quantitative estimate of drug-likeness (QED) is 0.0340. The lowest BCUT2D eigenvalue weighted by Crippen LogP contribution is -2.40. The van der Waals surface area contributed by atoms with Crippen LogP contribution in [0.2, 0.25) is 0 Å². The second-order valence-electron chi connectivity index (χ2n) is 12.3. The van der Waals surface area contributed by atoms with Crippen molar-refractivity contribution in [3.05, 3.63) is 142 Å². The van der Waals surface area contributed by atoms with E-state index in [2.05, 4.69) is 5.32 Å². The minimum Gasteiger partial charge on any atom is -0.445 e. The van der Waals surface area contributed by atoms with Gasteiger partial charge in [0.15, 0.2) is 0 Å². The van der Waals surface area contributed by atoms with E-state index in [1.54, 1.807) is 6.92 Å². The number of nitro benzene ring substituents is 1. The van der Waals surface area contributed by atoms with Gasteiger partial charge in [-0.15, -0.1) is 0 Å². The van der Waals surface area contributed by atoms with Gasteiger partial charge in [-0.25, -0.2) is 14.4 Å². The van der Waals surface area contributed by atoms with E-state index in [9.17, 15) is 29.3 Å². The minimum absolute atomic E-state index is 0.0139. The Kier molecular flexibility index (Phi) is 16.3. The number of non-ortho nitro benzene ring substituents is 1. The van der Waals surface area contributed by atoms with E-state index >= 15 is 0 Å². The average molecular weight is 741 g/mol. The summed E-state index contributed by atoms with van der Waals surface area (Å²) in [5.74, 6) is -0.527. The van der Waals surface area contributed by atoms with Gasteiger partial charge in [0.2, 0.25) is 0 Å². The summed E-state index contributed by atoms with van der Waals surface area (Å²) >= 11 is 0. The average Bonchev–Trinajstić information content (AvgIpc) is 3.19. The van der Waals surface area contributed by atoms with E-state index in [1.807, 2.05) is 91.0 Å². The number of nitrogens with zero attached hydrogens (tertiary/aromatic N) is 3. The maximum atomic E-state index is 13.3. The number of amides is 3. The van der Waals surface area contributed by atoms with E-state index in [4.69, 9.17) is 18.9 Å². The summed E-state index contributed by atoms with van der Waals surface area (Å²) in [6.45, 7) is 2.49. The highest BCUT2D eigenvalue weighted by Crippen LogP contribution is 2.18. The zero-order chi connectivity index (χ0) is 38.5. The Balaban J connectivity index is 1.35. The zero-order valence-corrected chi connectivity index (χ0v) is 30.0. The summed E-state index contributed by atoms with van der Waals surface area (Å²) in [6, 6.07) is 32.4. The Hall–Kier alpha value is -6.44. The maximum Gasteiger partial charge on any atom is 0.410 e. The molecule has 0 fully saturated rings. The van der Waals surface area contributed by atoms with Crippen molar-refractivity contribution >= 4 is 29.9 Å². The van der Waals surface area contributed by atoms with Gasteiger partial charge in [0.05, 0.1) is 11.3 Å². The van der Waals surface area contributed by atoms with E-state index < -0.39 is 29.2 Å². The summed E-state index contributed by atoms with van der Waals surface area (Å²) in [5.41, 5.74) is 2.30. The Morgan fingerprint density at radius 2 is 1.11 bits per heavy atom. The summed E-state index contributed by atoms with van der Waals surface area (Å²) in [5, 5.41) is 13.7. The third-order valence-electron chi connectivity index (χ3n) is 8.06. The number of esters is 1. The molecule has 4 aromatic carbocycles. The molecule has 0 saturated heterocycles. The SMILES string of the molecule is CC(CCN(CCCN(CCC(=O)Oc1ccc([N+](=O)[O-])cc1)C(=O)OCc1ccccc1)C(=O)OCc1ccccc1)NC(=O)OCc1ccccc1. The highest BCUT2D eigenvalue weighted by molar-refractivity contribution is 5.74. The molecule has 3 amide bonds. The molecule has 284 valence electrons. The Morgan fingerprint density at radius 1 is 0.648 bits per heavy atom. The Bertz CT molecular complexity index is 1780. The molecule has 0 aliphatic heterocycles. The van der Waals surface area contributed by atoms with Crippen molar-refractivity contribution < 1.29 is 43.0 Å². The summed E-state index contributed by atoms with van der Waals surface area (Å²) in [7, 11) is 0. The molecular weight excluding hydrogens is 696 g/mol. The first-order valence-electron chi connectivity index (χ1n) is 17.5. The van der Waals surface area contributed by atoms with Crippen LogP contribution >= 0.6 is 0 Å². The van der Waals surface area contributed by atoms with Crippen LogP contribution in [-0.2, 0) is 38.8 Å². The van der Waals surface area contributed by atoms with Crippen LogP contribution in [0.4, 0.5) is 20.1 Å². The summed E-state index contributed by atoms with van der Waals surface area (Å²) < 4.78 is 21.8. The molecule has 0 spiro atoms. The number of hydrogen-bond acceptors (Lipinski definition) is 10. The van der Waals surface area contributed by atoms with Crippen LogP contribution in [0.5, 0.6) is 5.75 Å². The lowest BCUT2D eigenvalue weighted by molar-refractivity contribution is -0.384. The zero-order valence-electron chi connectivity index (χ0n) is 30.0. The molecule has 0 bridgehead atoms. The van der Waals surface area contributed by atoms with Crippen LogP contribution < -0.4 is 10.1 Å².